The summed E-state index contributed by atoms with van der Waals surface area (Å²) < 4.78 is 0. The van der Waals surface area contributed by atoms with Crippen LogP contribution in [0.4, 0.5) is 5.69 Å². The van der Waals surface area contributed by atoms with Crippen LogP contribution < -0.4 is 16.8 Å². The van der Waals surface area contributed by atoms with Crippen LogP contribution >= 0.6 is 12.4 Å². The molecule has 0 saturated carbocycles. The molecule has 1 aliphatic rings. The Balaban J connectivity index is 0.00000112. The average molecular weight is 227 g/mol. The fourth-order valence-corrected chi connectivity index (χ4v) is 1.59. The molecule has 15 heavy (non-hydrogen) atoms. The van der Waals surface area contributed by atoms with Crippen LogP contribution in [0, 0.1) is 0 Å². The molecular formula is C10H15ClN4. The summed E-state index contributed by atoms with van der Waals surface area (Å²) in [5, 5.41) is 3.14. The molecule has 5 heteroatoms. The summed E-state index contributed by atoms with van der Waals surface area (Å²) in [6.07, 6.45) is 0.977. The first-order chi connectivity index (χ1) is 6.75. The summed E-state index contributed by atoms with van der Waals surface area (Å²) in [6, 6.07) is 8.11. The van der Waals surface area contributed by atoms with E-state index in [0.29, 0.717) is 5.96 Å². The number of hydrogen-bond donors (Lipinski definition) is 3. The fraction of sp³-hybridized carbons (Fsp3) is 0.300. The Hall–Kier alpha value is -1.42. The minimum Gasteiger partial charge on any atom is -0.399 e. The van der Waals surface area contributed by atoms with Gasteiger partial charge in [-0.15, -0.1) is 12.4 Å². The highest BCUT2D eigenvalue weighted by atomic mass is 35.5. The normalized spacial score (nSPS) is 19.7. The van der Waals surface area contributed by atoms with Crippen molar-refractivity contribution >= 4 is 24.1 Å². The van der Waals surface area contributed by atoms with E-state index in [-0.39, 0.29) is 18.4 Å². The van der Waals surface area contributed by atoms with E-state index in [1.54, 1.807) is 0 Å². The van der Waals surface area contributed by atoms with Crippen LogP contribution in [0.15, 0.2) is 29.3 Å². The first-order valence-corrected chi connectivity index (χ1v) is 4.67. The lowest BCUT2D eigenvalue weighted by Gasteiger charge is -2.22. The summed E-state index contributed by atoms with van der Waals surface area (Å²) >= 11 is 0. The van der Waals surface area contributed by atoms with Crippen LogP contribution in [0.25, 0.3) is 0 Å². The number of nitrogens with one attached hydrogen (secondary N) is 1. The quantitative estimate of drug-likeness (QED) is 0.627. The predicted molar refractivity (Wildman–Crippen MR) is 65.1 cm³/mol. The highest BCUT2D eigenvalue weighted by molar-refractivity contribution is 5.85. The maximum Gasteiger partial charge on any atom is 0.189 e. The van der Waals surface area contributed by atoms with Gasteiger partial charge in [-0.3, -0.25) is 4.99 Å². The standard InChI is InChI=1S/C10H14N4.ClH/c11-8-3-1-7(2-4-8)9-5-6-13-10(12)14-9;/h1-4,9H,5-6,11H2,(H3,12,13,14);1H. The molecule has 0 spiro atoms. The summed E-state index contributed by atoms with van der Waals surface area (Å²) in [5.41, 5.74) is 13.2. The summed E-state index contributed by atoms with van der Waals surface area (Å²) in [5.74, 6) is 0.526. The van der Waals surface area contributed by atoms with Gasteiger partial charge in [0.2, 0.25) is 0 Å². The number of nitrogens with zero attached hydrogens (tertiary/aromatic N) is 1. The number of hydrogen-bond acceptors (Lipinski definition) is 4. The molecule has 0 aliphatic carbocycles. The lowest BCUT2D eigenvalue weighted by atomic mass is 10.0. The van der Waals surface area contributed by atoms with Gasteiger partial charge in [0.1, 0.15) is 0 Å². The lowest BCUT2D eigenvalue weighted by molar-refractivity contribution is 0.569. The van der Waals surface area contributed by atoms with E-state index in [2.05, 4.69) is 10.3 Å². The second-order valence-corrected chi connectivity index (χ2v) is 3.42. The van der Waals surface area contributed by atoms with Crippen molar-refractivity contribution in [2.45, 2.75) is 12.5 Å². The molecule has 0 saturated heterocycles. The highest BCUT2D eigenvalue weighted by Crippen LogP contribution is 2.19. The summed E-state index contributed by atoms with van der Waals surface area (Å²) in [6.45, 7) is 0.786. The molecular weight excluding hydrogens is 212 g/mol. The zero-order chi connectivity index (χ0) is 9.97. The number of nitrogen functional groups attached to an aromatic ring is 1. The topological polar surface area (TPSA) is 76.4 Å². The van der Waals surface area contributed by atoms with Crippen molar-refractivity contribution in [3.63, 3.8) is 0 Å². The first kappa shape index (κ1) is 11.7. The van der Waals surface area contributed by atoms with Gasteiger partial charge >= 0.3 is 0 Å². The Bertz CT molecular complexity index is 347. The second-order valence-electron chi connectivity index (χ2n) is 3.42. The van der Waals surface area contributed by atoms with Gasteiger partial charge in [-0.25, -0.2) is 0 Å². The van der Waals surface area contributed by atoms with Crippen molar-refractivity contribution in [1.29, 1.82) is 0 Å². The average Bonchev–Trinajstić information content (AvgIpc) is 2.19. The van der Waals surface area contributed by atoms with Gasteiger partial charge in [0.25, 0.3) is 0 Å². The number of nitrogens with two attached hydrogens (primary N) is 2. The number of rotatable bonds is 1. The van der Waals surface area contributed by atoms with Crippen molar-refractivity contribution in [2.75, 3.05) is 12.3 Å². The number of aliphatic imine (C=N–C) groups is 1. The zero-order valence-electron chi connectivity index (χ0n) is 8.31. The van der Waals surface area contributed by atoms with E-state index in [9.17, 15) is 0 Å². The third-order valence-corrected chi connectivity index (χ3v) is 2.36. The van der Waals surface area contributed by atoms with Crippen molar-refractivity contribution in [1.82, 2.24) is 5.32 Å². The Morgan fingerprint density at radius 3 is 2.47 bits per heavy atom. The molecule has 5 N–H and O–H groups in total. The maximum absolute atomic E-state index is 5.61. The monoisotopic (exact) mass is 226 g/mol. The molecule has 1 aromatic rings. The van der Waals surface area contributed by atoms with E-state index in [4.69, 9.17) is 11.5 Å². The van der Waals surface area contributed by atoms with E-state index in [1.165, 1.54) is 5.56 Å². The summed E-state index contributed by atoms with van der Waals surface area (Å²) in [7, 11) is 0. The van der Waals surface area contributed by atoms with Crippen LogP contribution in [0.1, 0.15) is 18.0 Å². The molecule has 4 nitrogen and oxygen atoms in total. The lowest BCUT2D eigenvalue weighted by Crippen LogP contribution is -2.38. The number of halogens is 1. The Labute approximate surface area is 95.2 Å². The molecule has 0 aromatic heterocycles. The van der Waals surface area contributed by atoms with Crippen molar-refractivity contribution < 1.29 is 0 Å². The Kier molecular flexibility index (Phi) is 3.80. The summed E-state index contributed by atoms with van der Waals surface area (Å²) in [4.78, 5) is 4.08. The molecule has 0 amide bonds. The Morgan fingerprint density at radius 2 is 1.87 bits per heavy atom. The molecule has 0 radical (unpaired) electrons. The van der Waals surface area contributed by atoms with E-state index >= 15 is 0 Å². The molecule has 82 valence electrons. The SMILES string of the molecule is Cl.NC1=NCCC(c2ccc(N)cc2)N1. The predicted octanol–water partition coefficient (Wildman–Crippen LogP) is 1.04. The van der Waals surface area contributed by atoms with Crippen molar-refractivity contribution in [2.24, 2.45) is 10.7 Å². The molecule has 1 atom stereocenters. The van der Waals surface area contributed by atoms with Gasteiger partial charge in [0.15, 0.2) is 5.96 Å². The van der Waals surface area contributed by atoms with E-state index in [1.807, 2.05) is 24.3 Å². The zero-order valence-corrected chi connectivity index (χ0v) is 9.13. The molecule has 0 bridgehead atoms. The van der Waals surface area contributed by atoms with E-state index in [0.717, 1.165) is 18.7 Å². The van der Waals surface area contributed by atoms with Crippen LogP contribution in [-0.2, 0) is 0 Å². The highest BCUT2D eigenvalue weighted by Gasteiger charge is 2.14. The first-order valence-electron chi connectivity index (χ1n) is 4.67. The van der Waals surface area contributed by atoms with Crippen LogP contribution in [0.3, 0.4) is 0 Å². The third-order valence-electron chi connectivity index (χ3n) is 2.36. The third kappa shape index (κ3) is 2.76. The smallest absolute Gasteiger partial charge is 0.189 e. The van der Waals surface area contributed by atoms with Gasteiger partial charge in [-0.05, 0) is 24.1 Å². The number of benzene rings is 1. The maximum atomic E-state index is 5.61. The minimum absolute atomic E-state index is 0. The van der Waals surface area contributed by atoms with Crippen molar-refractivity contribution in [3.8, 4) is 0 Å². The van der Waals surface area contributed by atoms with Crippen LogP contribution in [0.5, 0.6) is 0 Å². The molecule has 2 rings (SSSR count). The number of anilines is 1. The molecule has 0 fully saturated rings. The number of guanidine groups is 1. The largest absolute Gasteiger partial charge is 0.399 e. The minimum atomic E-state index is 0. The Morgan fingerprint density at radius 1 is 1.20 bits per heavy atom. The van der Waals surface area contributed by atoms with E-state index < -0.39 is 0 Å². The van der Waals surface area contributed by atoms with Gasteiger partial charge in [0.05, 0.1) is 6.04 Å². The van der Waals surface area contributed by atoms with Gasteiger partial charge in [0, 0.05) is 12.2 Å². The van der Waals surface area contributed by atoms with Crippen molar-refractivity contribution in [3.05, 3.63) is 29.8 Å². The molecule has 1 aromatic carbocycles. The van der Waals surface area contributed by atoms with Gasteiger partial charge < -0.3 is 16.8 Å². The van der Waals surface area contributed by atoms with Crippen LogP contribution in [-0.4, -0.2) is 12.5 Å². The van der Waals surface area contributed by atoms with Gasteiger partial charge in [-0.1, -0.05) is 12.1 Å². The molecule has 1 heterocycles. The van der Waals surface area contributed by atoms with Gasteiger partial charge in [-0.2, -0.15) is 0 Å². The molecule has 1 unspecified atom stereocenters. The second kappa shape index (κ2) is 4.89. The van der Waals surface area contributed by atoms with Crippen LogP contribution in [0.2, 0.25) is 0 Å². The molecule has 1 aliphatic heterocycles. The fourth-order valence-electron chi connectivity index (χ4n) is 1.59.